The van der Waals surface area contributed by atoms with E-state index in [0.29, 0.717) is 17.9 Å². The molecule has 1 saturated heterocycles. The second-order valence-corrected chi connectivity index (χ2v) is 4.65. The quantitative estimate of drug-likeness (QED) is 0.822. The fourth-order valence-corrected chi connectivity index (χ4v) is 2.44. The number of hydrogen-bond acceptors (Lipinski definition) is 5. The fraction of sp³-hybridized carbons (Fsp3) is 0.500. The summed E-state index contributed by atoms with van der Waals surface area (Å²) >= 11 is 0. The summed E-state index contributed by atoms with van der Waals surface area (Å²) in [7, 11) is 1.45. The van der Waals surface area contributed by atoms with Gasteiger partial charge in [0.2, 0.25) is 0 Å². The van der Waals surface area contributed by atoms with Crippen LogP contribution in [0.25, 0.3) is 0 Å². The van der Waals surface area contributed by atoms with Crippen molar-refractivity contribution in [1.29, 1.82) is 0 Å². The number of aromatic hydroxyl groups is 2. The zero-order chi connectivity index (χ0) is 14.0. The molecule has 1 aliphatic rings. The Labute approximate surface area is 111 Å². The van der Waals surface area contributed by atoms with Crippen LogP contribution in [-0.2, 0) is 4.74 Å². The second kappa shape index (κ2) is 5.48. The van der Waals surface area contributed by atoms with Gasteiger partial charge >= 0.3 is 0 Å². The number of carbonyl (C=O) groups excluding carboxylic acids is 1. The van der Waals surface area contributed by atoms with Gasteiger partial charge in [0.15, 0.2) is 5.78 Å². The van der Waals surface area contributed by atoms with E-state index in [4.69, 9.17) is 9.47 Å². The average molecular weight is 266 g/mol. The average Bonchev–Trinajstić information content (AvgIpc) is 2.38. The van der Waals surface area contributed by atoms with Gasteiger partial charge in [-0.05, 0) is 26.2 Å². The van der Waals surface area contributed by atoms with Crippen molar-refractivity contribution in [3.63, 3.8) is 0 Å². The SMILES string of the molecule is COc1cc(O)c(C(C)=O)c(O)c1C1CCCCO1. The van der Waals surface area contributed by atoms with E-state index in [2.05, 4.69) is 0 Å². The van der Waals surface area contributed by atoms with Gasteiger partial charge in [0.1, 0.15) is 22.8 Å². The Bertz CT molecular complexity index is 489. The molecule has 104 valence electrons. The monoisotopic (exact) mass is 266 g/mol. The predicted octanol–water partition coefficient (Wildman–Crippen LogP) is 2.55. The number of phenolic OH excluding ortho intramolecular Hbond substituents is 2. The number of phenols is 2. The van der Waals surface area contributed by atoms with E-state index in [1.165, 1.54) is 20.1 Å². The number of ketones is 1. The molecule has 0 amide bonds. The minimum absolute atomic E-state index is 0.0787. The molecule has 1 unspecified atom stereocenters. The maximum atomic E-state index is 11.5. The van der Waals surface area contributed by atoms with Crippen LogP contribution in [0.1, 0.15) is 48.2 Å². The Morgan fingerprint density at radius 2 is 2.16 bits per heavy atom. The lowest BCUT2D eigenvalue weighted by molar-refractivity contribution is 0.0121. The largest absolute Gasteiger partial charge is 0.507 e. The van der Waals surface area contributed by atoms with Gasteiger partial charge < -0.3 is 19.7 Å². The van der Waals surface area contributed by atoms with E-state index in [-0.39, 0.29) is 23.2 Å². The predicted molar refractivity (Wildman–Crippen MR) is 68.9 cm³/mol. The molecule has 0 saturated carbocycles. The van der Waals surface area contributed by atoms with Gasteiger partial charge in [0, 0.05) is 12.7 Å². The number of Topliss-reactive ketones (excluding diaryl/α,β-unsaturated/α-hetero) is 1. The molecule has 0 aromatic heterocycles. The van der Waals surface area contributed by atoms with Crippen LogP contribution in [-0.4, -0.2) is 29.7 Å². The molecule has 1 fully saturated rings. The molecular formula is C14H18O5. The lowest BCUT2D eigenvalue weighted by Gasteiger charge is -2.26. The van der Waals surface area contributed by atoms with Crippen molar-refractivity contribution < 1.29 is 24.5 Å². The maximum Gasteiger partial charge on any atom is 0.167 e. The van der Waals surface area contributed by atoms with Gasteiger partial charge in [-0.2, -0.15) is 0 Å². The Kier molecular flexibility index (Phi) is 3.95. The molecule has 1 aromatic carbocycles. The van der Waals surface area contributed by atoms with Crippen LogP contribution >= 0.6 is 0 Å². The van der Waals surface area contributed by atoms with Crippen LogP contribution in [0, 0.1) is 0 Å². The molecule has 19 heavy (non-hydrogen) atoms. The third-order valence-corrected chi connectivity index (χ3v) is 3.35. The smallest absolute Gasteiger partial charge is 0.167 e. The fourth-order valence-electron chi connectivity index (χ4n) is 2.44. The minimum Gasteiger partial charge on any atom is -0.507 e. The highest BCUT2D eigenvalue weighted by atomic mass is 16.5. The van der Waals surface area contributed by atoms with Gasteiger partial charge in [-0.15, -0.1) is 0 Å². The number of carbonyl (C=O) groups is 1. The van der Waals surface area contributed by atoms with Crippen molar-refractivity contribution in [1.82, 2.24) is 0 Å². The highest BCUT2D eigenvalue weighted by Gasteiger charge is 2.28. The van der Waals surface area contributed by atoms with Crippen LogP contribution in [0.3, 0.4) is 0 Å². The highest BCUT2D eigenvalue weighted by Crippen LogP contribution is 2.45. The summed E-state index contributed by atoms with van der Waals surface area (Å²) < 4.78 is 10.8. The first-order valence-corrected chi connectivity index (χ1v) is 6.31. The number of hydrogen-bond donors (Lipinski definition) is 2. The zero-order valence-corrected chi connectivity index (χ0v) is 11.1. The molecule has 0 aliphatic carbocycles. The molecule has 5 heteroatoms. The number of rotatable bonds is 3. The van der Waals surface area contributed by atoms with Crippen molar-refractivity contribution in [2.45, 2.75) is 32.3 Å². The topological polar surface area (TPSA) is 76.0 Å². The molecule has 0 radical (unpaired) electrons. The van der Waals surface area contributed by atoms with Crippen LogP contribution in [0.4, 0.5) is 0 Å². The summed E-state index contributed by atoms with van der Waals surface area (Å²) in [6.45, 7) is 1.91. The Morgan fingerprint density at radius 1 is 1.42 bits per heavy atom. The van der Waals surface area contributed by atoms with E-state index >= 15 is 0 Å². The van der Waals surface area contributed by atoms with Gasteiger partial charge in [0.25, 0.3) is 0 Å². The first kappa shape index (κ1) is 13.7. The highest BCUT2D eigenvalue weighted by molar-refractivity contribution is 6.00. The third-order valence-electron chi connectivity index (χ3n) is 3.35. The van der Waals surface area contributed by atoms with Crippen molar-refractivity contribution in [3.05, 3.63) is 17.2 Å². The molecule has 1 aliphatic heterocycles. The summed E-state index contributed by atoms with van der Waals surface area (Å²) in [5, 5.41) is 20.1. The van der Waals surface area contributed by atoms with Crippen LogP contribution in [0.15, 0.2) is 6.07 Å². The number of methoxy groups -OCH3 is 1. The third kappa shape index (κ3) is 2.51. The molecule has 5 nitrogen and oxygen atoms in total. The lowest BCUT2D eigenvalue weighted by Crippen LogP contribution is -2.13. The summed E-state index contributed by atoms with van der Waals surface area (Å²) in [5.41, 5.74) is 0.371. The zero-order valence-electron chi connectivity index (χ0n) is 11.1. The van der Waals surface area contributed by atoms with Gasteiger partial charge in [0.05, 0.1) is 18.8 Å². The van der Waals surface area contributed by atoms with E-state index in [9.17, 15) is 15.0 Å². The van der Waals surface area contributed by atoms with Gasteiger partial charge in [-0.3, -0.25) is 4.79 Å². The van der Waals surface area contributed by atoms with Crippen LogP contribution < -0.4 is 4.74 Å². The Hall–Kier alpha value is -1.75. The molecule has 0 bridgehead atoms. The van der Waals surface area contributed by atoms with Gasteiger partial charge in [-0.1, -0.05) is 0 Å². The number of benzene rings is 1. The van der Waals surface area contributed by atoms with Crippen molar-refractivity contribution in [2.75, 3.05) is 13.7 Å². The minimum atomic E-state index is -0.394. The van der Waals surface area contributed by atoms with Gasteiger partial charge in [-0.25, -0.2) is 0 Å². The summed E-state index contributed by atoms with van der Waals surface area (Å²) in [6, 6.07) is 1.35. The van der Waals surface area contributed by atoms with Crippen molar-refractivity contribution in [2.24, 2.45) is 0 Å². The molecule has 0 spiro atoms. The van der Waals surface area contributed by atoms with E-state index in [1.54, 1.807) is 0 Å². The normalized spacial score (nSPS) is 19.2. The molecule has 1 atom stereocenters. The van der Waals surface area contributed by atoms with E-state index in [0.717, 1.165) is 19.3 Å². The summed E-state index contributed by atoms with van der Waals surface area (Å²) in [5.74, 6) is -0.570. The first-order chi connectivity index (χ1) is 9.06. The molecule has 1 heterocycles. The second-order valence-electron chi connectivity index (χ2n) is 4.65. The molecule has 2 rings (SSSR count). The van der Waals surface area contributed by atoms with Crippen molar-refractivity contribution in [3.8, 4) is 17.2 Å². The first-order valence-electron chi connectivity index (χ1n) is 6.31. The Morgan fingerprint density at radius 3 is 2.68 bits per heavy atom. The summed E-state index contributed by atoms with van der Waals surface area (Å²) in [4.78, 5) is 11.5. The van der Waals surface area contributed by atoms with Crippen LogP contribution in [0.2, 0.25) is 0 Å². The molecule has 2 N–H and O–H groups in total. The van der Waals surface area contributed by atoms with E-state index < -0.39 is 5.78 Å². The van der Waals surface area contributed by atoms with Crippen molar-refractivity contribution >= 4 is 5.78 Å². The molecular weight excluding hydrogens is 248 g/mol. The van der Waals surface area contributed by atoms with E-state index in [1.807, 2.05) is 0 Å². The lowest BCUT2D eigenvalue weighted by atomic mass is 9.95. The Balaban J connectivity index is 2.56. The molecule has 1 aromatic rings. The number of ether oxygens (including phenoxy) is 2. The standard InChI is InChI=1S/C14H18O5/c1-8(15)12-9(16)7-11(18-2)13(14(12)17)10-5-3-4-6-19-10/h7,10,16-17H,3-6H2,1-2H3. The maximum absolute atomic E-state index is 11.5. The van der Waals surface area contributed by atoms with Crippen LogP contribution in [0.5, 0.6) is 17.2 Å². The summed E-state index contributed by atoms with van der Waals surface area (Å²) in [6.07, 6.45) is 2.43.